The van der Waals surface area contributed by atoms with Crippen LogP contribution in [0.25, 0.3) is 0 Å². The van der Waals surface area contributed by atoms with E-state index >= 15 is 0 Å². The van der Waals surface area contributed by atoms with Crippen LogP contribution in [-0.2, 0) is 16.0 Å². The fraction of sp³-hybridized carbons (Fsp3) is 0.417. The molecule has 1 atom stereocenters. The lowest BCUT2D eigenvalue weighted by molar-refractivity contribution is -0.385. The second-order valence-corrected chi connectivity index (χ2v) is 3.99. The van der Waals surface area contributed by atoms with Gasteiger partial charge in [0, 0.05) is 25.3 Å². The van der Waals surface area contributed by atoms with Crippen molar-refractivity contribution in [2.45, 2.75) is 12.5 Å². The fourth-order valence-electron chi connectivity index (χ4n) is 1.61. The van der Waals surface area contributed by atoms with E-state index in [0.717, 1.165) is 0 Å². The molecule has 0 radical (unpaired) electrons. The molecule has 1 rings (SSSR count). The summed E-state index contributed by atoms with van der Waals surface area (Å²) in [5.74, 6) is -0.333. The van der Waals surface area contributed by atoms with Crippen LogP contribution in [0.4, 0.5) is 5.69 Å². The van der Waals surface area contributed by atoms with Crippen molar-refractivity contribution in [2.24, 2.45) is 5.73 Å². The van der Waals surface area contributed by atoms with Crippen LogP contribution >= 0.6 is 0 Å². The van der Waals surface area contributed by atoms with E-state index in [1.807, 2.05) is 0 Å². The molecule has 1 aromatic carbocycles. The number of carbonyl (C=O) groups excluding carboxylic acids is 1. The average Bonchev–Trinajstić information content (AvgIpc) is 2.39. The number of hydrogen-bond acceptors (Lipinski definition) is 5. The first-order chi connectivity index (χ1) is 9.06. The largest absolute Gasteiger partial charge is 0.383 e. The van der Waals surface area contributed by atoms with Gasteiger partial charge in [0.25, 0.3) is 5.69 Å². The lowest BCUT2D eigenvalue weighted by atomic mass is 10.1. The standard InChI is InChI=1S/C12H17N3O4/c1-19-8-10(13)12(16)14-7-6-9-4-2-3-5-11(9)15(17)18/h2-5,10H,6-8,13H2,1H3,(H,14,16). The lowest BCUT2D eigenvalue weighted by Crippen LogP contribution is -2.44. The second kappa shape index (κ2) is 7.45. The molecule has 0 fully saturated rings. The number of nitrogens with two attached hydrogens (primary N) is 1. The number of nitro benzene ring substituents is 1. The van der Waals surface area contributed by atoms with Gasteiger partial charge in [0.2, 0.25) is 5.91 Å². The number of para-hydroxylation sites is 1. The van der Waals surface area contributed by atoms with Gasteiger partial charge in [0.05, 0.1) is 11.5 Å². The molecular weight excluding hydrogens is 250 g/mol. The van der Waals surface area contributed by atoms with Crippen LogP contribution in [-0.4, -0.2) is 37.1 Å². The van der Waals surface area contributed by atoms with Crippen molar-refractivity contribution in [1.82, 2.24) is 5.32 Å². The summed E-state index contributed by atoms with van der Waals surface area (Å²) in [4.78, 5) is 21.8. The van der Waals surface area contributed by atoms with Gasteiger partial charge < -0.3 is 15.8 Å². The minimum atomic E-state index is -0.726. The number of nitrogens with one attached hydrogen (secondary N) is 1. The van der Waals surface area contributed by atoms with Crippen molar-refractivity contribution in [3.63, 3.8) is 0 Å². The predicted molar refractivity (Wildman–Crippen MR) is 69.7 cm³/mol. The number of amides is 1. The van der Waals surface area contributed by atoms with E-state index in [1.165, 1.54) is 13.2 Å². The SMILES string of the molecule is COCC(N)C(=O)NCCc1ccccc1[N+](=O)[O-]. The summed E-state index contributed by atoms with van der Waals surface area (Å²) in [6.45, 7) is 0.429. The molecule has 0 saturated heterocycles. The van der Waals surface area contributed by atoms with Gasteiger partial charge in [-0.25, -0.2) is 0 Å². The van der Waals surface area contributed by atoms with E-state index in [0.29, 0.717) is 18.5 Å². The zero-order valence-electron chi connectivity index (χ0n) is 10.7. The summed E-state index contributed by atoms with van der Waals surface area (Å²) in [5, 5.41) is 13.4. The topological polar surface area (TPSA) is 107 Å². The maximum atomic E-state index is 11.5. The summed E-state index contributed by atoms with van der Waals surface area (Å²) in [6.07, 6.45) is 0.378. The molecule has 0 aliphatic carbocycles. The van der Waals surface area contributed by atoms with Crippen LogP contribution in [0.1, 0.15) is 5.56 Å². The first kappa shape index (κ1) is 15.1. The molecule has 7 nitrogen and oxygen atoms in total. The Balaban J connectivity index is 2.50. The minimum Gasteiger partial charge on any atom is -0.383 e. The van der Waals surface area contributed by atoms with Gasteiger partial charge in [-0.15, -0.1) is 0 Å². The first-order valence-corrected chi connectivity index (χ1v) is 5.80. The zero-order valence-corrected chi connectivity index (χ0v) is 10.7. The summed E-state index contributed by atoms with van der Waals surface area (Å²) in [5.41, 5.74) is 6.17. The second-order valence-electron chi connectivity index (χ2n) is 3.99. The fourth-order valence-corrected chi connectivity index (χ4v) is 1.61. The number of ether oxygens (including phenoxy) is 1. The van der Waals surface area contributed by atoms with Gasteiger partial charge in [-0.1, -0.05) is 18.2 Å². The molecule has 1 unspecified atom stereocenters. The monoisotopic (exact) mass is 267 g/mol. The van der Waals surface area contributed by atoms with E-state index in [2.05, 4.69) is 5.32 Å². The van der Waals surface area contributed by atoms with Gasteiger partial charge in [-0.2, -0.15) is 0 Å². The van der Waals surface area contributed by atoms with Crippen LogP contribution in [0.5, 0.6) is 0 Å². The Labute approximate surface area is 110 Å². The van der Waals surface area contributed by atoms with Crippen LogP contribution in [0, 0.1) is 10.1 Å². The van der Waals surface area contributed by atoms with Gasteiger partial charge in [0.15, 0.2) is 0 Å². The van der Waals surface area contributed by atoms with E-state index in [-0.39, 0.29) is 18.2 Å². The molecule has 0 saturated carbocycles. The third-order valence-electron chi connectivity index (χ3n) is 2.56. The Morgan fingerprint density at radius 3 is 2.84 bits per heavy atom. The Morgan fingerprint density at radius 1 is 1.53 bits per heavy atom. The van der Waals surface area contributed by atoms with Gasteiger partial charge in [-0.05, 0) is 6.42 Å². The minimum absolute atomic E-state index is 0.0536. The highest BCUT2D eigenvalue weighted by molar-refractivity contribution is 5.81. The number of nitro groups is 1. The molecule has 0 heterocycles. The molecule has 3 N–H and O–H groups in total. The zero-order chi connectivity index (χ0) is 14.3. The number of methoxy groups -OCH3 is 1. The number of rotatable bonds is 7. The number of nitrogens with zero attached hydrogens (tertiary/aromatic N) is 1. The van der Waals surface area contributed by atoms with Gasteiger partial charge in [-0.3, -0.25) is 14.9 Å². The molecule has 104 valence electrons. The van der Waals surface area contributed by atoms with Crippen LogP contribution in [0.2, 0.25) is 0 Å². The van der Waals surface area contributed by atoms with E-state index in [1.54, 1.807) is 18.2 Å². The van der Waals surface area contributed by atoms with E-state index < -0.39 is 11.0 Å². The molecule has 0 bridgehead atoms. The number of hydrogen-bond donors (Lipinski definition) is 2. The Kier molecular flexibility index (Phi) is 5.91. The summed E-state index contributed by atoms with van der Waals surface area (Å²) in [7, 11) is 1.46. The molecule has 1 amide bonds. The highest BCUT2D eigenvalue weighted by Gasteiger charge is 2.14. The Morgan fingerprint density at radius 2 is 2.21 bits per heavy atom. The molecule has 0 aromatic heterocycles. The van der Waals surface area contributed by atoms with Crippen LogP contribution < -0.4 is 11.1 Å². The van der Waals surface area contributed by atoms with Crippen molar-refractivity contribution in [2.75, 3.05) is 20.3 Å². The maximum absolute atomic E-state index is 11.5. The molecule has 0 spiro atoms. The number of carbonyl (C=O) groups is 1. The van der Waals surface area contributed by atoms with Crippen molar-refractivity contribution in [3.8, 4) is 0 Å². The Bertz CT molecular complexity index is 450. The van der Waals surface area contributed by atoms with Crippen LogP contribution in [0.3, 0.4) is 0 Å². The summed E-state index contributed by atoms with van der Waals surface area (Å²) in [6, 6.07) is 5.71. The summed E-state index contributed by atoms with van der Waals surface area (Å²) < 4.78 is 4.76. The van der Waals surface area contributed by atoms with Crippen molar-refractivity contribution in [3.05, 3.63) is 39.9 Å². The molecule has 0 aliphatic rings. The quantitative estimate of drug-likeness (QED) is 0.543. The van der Waals surface area contributed by atoms with Crippen molar-refractivity contribution in [1.29, 1.82) is 0 Å². The highest BCUT2D eigenvalue weighted by atomic mass is 16.6. The van der Waals surface area contributed by atoms with Crippen molar-refractivity contribution >= 4 is 11.6 Å². The average molecular weight is 267 g/mol. The summed E-state index contributed by atoms with van der Waals surface area (Å²) >= 11 is 0. The Hall–Kier alpha value is -1.99. The molecular formula is C12H17N3O4. The van der Waals surface area contributed by atoms with Gasteiger partial charge >= 0.3 is 0 Å². The molecule has 7 heteroatoms. The first-order valence-electron chi connectivity index (χ1n) is 5.80. The normalized spacial score (nSPS) is 11.9. The van der Waals surface area contributed by atoms with Crippen molar-refractivity contribution < 1.29 is 14.5 Å². The number of benzene rings is 1. The molecule has 0 aliphatic heterocycles. The highest BCUT2D eigenvalue weighted by Crippen LogP contribution is 2.17. The van der Waals surface area contributed by atoms with E-state index in [4.69, 9.17) is 10.5 Å². The predicted octanol–water partition coefficient (Wildman–Crippen LogP) is 0.227. The maximum Gasteiger partial charge on any atom is 0.272 e. The van der Waals surface area contributed by atoms with Gasteiger partial charge in [0.1, 0.15) is 6.04 Å². The molecule has 1 aromatic rings. The smallest absolute Gasteiger partial charge is 0.272 e. The third-order valence-corrected chi connectivity index (χ3v) is 2.56. The molecule has 19 heavy (non-hydrogen) atoms. The van der Waals surface area contributed by atoms with Crippen LogP contribution in [0.15, 0.2) is 24.3 Å². The lowest BCUT2D eigenvalue weighted by Gasteiger charge is -2.11. The van der Waals surface area contributed by atoms with E-state index in [9.17, 15) is 14.9 Å². The third kappa shape index (κ3) is 4.65.